The zero-order valence-electron chi connectivity index (χ0n) is 15.2. The maximum absolute atomic E-state index is 13.3. The summed E-state index contributed by atoms with van der Waals surface area (Å²) in [6.07, 6.45) is -34.0. The summed E-state index contributed by atoms with van der Waals surface area (Å²) in [6.45, 7) is -0.0270. The van der Waals surface area contributed by atoms with Crippen LogP contribution in [0.3, 0.4) is 0 Å². The van der Waals surface area contributed by atoms with Crippen LogP contribution in [0.1, 0.15) is 27.8 Å². The second-order valence-electron chi connectivity index (χ2n) is 6.25. The third-order valence-electron chi connectivity index (χ3n) is 3.52. The molecule has 0 heterocycles. The van der Waals surface area contributed by atoms with E-state index in [-0.39, 0.29) is 53.1 Å². The van der Waals surface area contributed by atoms with E-state index >= 15 is 0 Å². The summed E-state index contributed by atoms with van der Waals surface area (Å²) < 4.78 is 198. The van der Waals surface area contributed by atoms with Crippen LogP contribution in [0.5, 0.6) is 0 Å². The molecule has 0 unspecified atom stereocenters. The first kappa shape index (κ1) is 33.8. The van der Waals surface area contributed by atoms with Crippen molar-refractivity contribution in [1.29, 1.82) is 0 Å². The van der Waals surface area contributed by atoms with Gasteiger partial charge in [0.15, 0.2) is 0 Å². The van der Waals surface area contributed by atoms with Gasteiger partial charge in [-0.3, -0.25) is 0 Å². The average Bonchev–Trinajstić information content (AvgIpc) is 2.37. The molecule has 0 atom stereocenters. The van der Waals surface area contributed by atoms with Crippen LogP contribution in [0.2, 0.25) is 13.1 Å². The predicted octanol–water partition coefficient (Wildman–Crippen LogP) is 2.18. The molecular formula is C13H6BrF15MgOSi. The summed E-state index contributed by atoms with van der Waals surface area (Å²) in [5, 5.41) is -3.02. The average molecular weight is 595 g/mol. The van der Waals surface area contributed by atoms with E-state index in [1.165, 1.54) is 0 Å². The van der Waals surface area contributed by atoms with Gasteiger partial charge in [-0.05, 0) is 8.32 Å². The van der Waals surface area contributed by atoms with E-state index in [0.717, 1.165) is 0 Å². The molecule has 0 saturated carbocycles. The van der Waals surface area contributed by atoms with Gasteiger partial charge >= 0.3 is 53.9 Å². The van der Waals surface area contributed by atoms with E-state index in [9.17, 15) is 70.7 Å². The van der Waals surface area contributed by atoms with Crippen LogP contribution in [-0.4, -0.2) is 31.4 Å². The fourth-order valence-corrected chi connectivity index (χ4v) is 4.51. The molecular weight excluding hydrogens is 589 g/mol. The van der Waals surface area contributed by atoms with Gasteiger partial charge in [0.1, 0.15) is 0 Å². The summed E-state index contributed by atoms with van der Waals surface area (Å²) in [6, 6.07) is 0. The molecule has 0 N–H and O–H groups in total. The van der Waals surface area contributed by atoms with Crippen LogP contribution >= 0.6 is 0 Å². The van der Waals surface area contributed by atoms with Crippen LogP contribution in [0.25, 0.3) is 0 Å². The molecule has 0 aromatic heterocycles. The van der Waals surface area contributed by atoms with Crippen molar-refractivity contribution in [1.82, 2.24) is 0 Å². The van der Waals surface area contributed by atoms with Crippen LogP contribution in [-0.2, 0) is 30.9 Å². The minimum Gasteiger partial charge on any atom is -1.00 e. The number of benzene rings is 1. The SMILES string of the molecule is C[Si](C)([O-])c1c(C(F)(F)F)c(C(F)(F)F)c(C(F)(F)F)c(C(F)(F)F)c1C(F)(F)F.[Br-].[Mg+2]. The molecule has 0 aliphatic carbocycles. The Morgan fingerprint density at radius 1 is 0.469 bits per heavy atom. The first-order valence-electron chi connectivity index (χ1n) is 7.04. The fourth-order valence-electron chi connectivity index (χ4n) is 2.77. The van der Waals surface area contributed by atoms with Crippen molar-refractivity contribution in [2.45, 2.75) is 44.0 Å². The molecule has 1 nitrogen and oxygen atoms in total. The summed E-state index contributed by atoms with van der Waals surface area (Å²) in [5.74, 6) is 0. The predicted molar refractivity (Wildman–Crippen MR) is 74.3 cm³/mol. The van der Waals surface area contributed by atoms with Crippen molar-refractivity contribution in [3.63, 3.8) is 0 Å². The van der Waals surface area contributed by atoms with Gasteiger partial charge in [-0.25, -0.2) is 0 Å². The fraction of sp³-hybridized carbons (Fsp3) is 0.538. The van der Waals surface area contributed by atoms with Crippen LogP contribution in [0.15, 0.2) is 0 Å². The van der Waals surface area contributed by atoms with Crippen LogP contribution in [0.4, 0.5) is 65.9 Å². The van der Waals surface area contributed by atoms with Gasteiger partial charge in [0, 0.05) is 0 Å². The van der Waals surface area contributed by atoms with E-state index in [0.29, 0.717) is 0 Å². The minimum atomic E-state index is -6.96. The van der Waals surface area contributed by atoms with Gasteiger partial charge in [-0.2, -0.15) is 65.9 Å². The Labute approximate surface area is 196 Å². The molecule has 0 amide bonds. The maximum atomic E-state index is 13.3. The first-order chi connectivity index (χ1) is 12.7. The topological polar surface area (TPSA) is 23.1 Å². The van der Waals surface area contributed by atoms with Crippen molar-refractivity contribution in [2.24, 2.45) is 0 Å². The second-order valence-corrected chi connectivity index (χ2v) is 9.77. The normalized spacial score (nSPS) is 14.1. The van der Waals surface area contributed by atoms with Crippen molar-refractivity contribution >= 4 is 36.6 Å². The summed E-state index contributed by atoms with van der Waals surface area (Å²) in [7, 11) is -5.70. The van der Waals surface area contributed by atoms with Crippen molar-refractivity contribution < 1.29 is 87.6 Å². The monoisotopic (exact) mass is 594 g/mol. The Morgan fingerprint density at radius 2 is 0.625 bits per heavy atom. The smallest absolute Gasteiger partial charge is 1.00 e. The van der Waals surface area contributed by atoms with Crippen molar-refractivity contribution in [3.8, 4) is 0 Å². The summed E-state index contributed by atoms with van der Waals surface area (Å²) in [5.41, 5.74) is -19.8. The first-order valence-corrected chi connectivity index (χ1v) is 9.95. The minimum absolute atomic E-state index is 0. The molecule has 0 spiro atoms. The molecule has 182 valence electrons. The number of alkyl halides is 15. The molecule has 0 radical (unpaired) electrons. The standard InChI is InChI=1S/C13H6F15OSi.BrH.Mg/c1-30(2,29)8-6(12(23,24)25)4(10(17,18)19)3(9(14,15)16)5(11(20,21)22)7(8)13(26,27)28;;/h1-2H3;1H;/q-1;;+2/p-1. The molecule has 1 aromatic rings. The molecule has 0 aliphatic rings. The van der Waals surface area contributed by atoms with E-state index < -0.39 is 72.2 Å². The second kappa shape index (κ2) is 9.33. The Balaban J connectivity index is 0. The molecule has 0 aliphatic heterocycles. The quantitative estimate of drug-likeness (QED) is 0.361. The number of halogens is 16. The molecule has 1 aromatic carbocycles. The third-order valence-corrected chi connectivity index (χ3v) is 5.22. The molecule has 0 saturated heterocycles. The van der Waals surface area contributed by atoms with Gasteiger partial charge in [0.05, 0.1) is 27.8 Å². The Bertz CT molecular complexity index is 629. The molecule has 0 bridgehead atoms. The van der Waals surface area contributed by atoms with Gasteiger partial charge in [0.2, 0.25) is 0 Å². The van der Waals surface area contributed by atoms with Crippen molar-refractivity contribution in [2.75, 3.05) is 0 Å². The molecule has 19 heteroatoms. The van der Waals surface area contributed by atoms with Crippen molar-refractivity contribution in [3.05, 3.63) is 27.8 Å². The van der Waals surface area contributed by atoms with Crippen LogP contribution in [0, 0.1) is 0 Å². The third kappa shape index (κ3) is 6.81. The Morgan fingerprint density at radius 3 is 0.750 bits per heavy atom. The van der Waals surface area contributed by atoms with E-state index in [1.54, 1.807) is 0 Å². The summed E-state index contributed by atoms with van der Waals surface area (Å²) >= 11 is 0. The Hall–Kier alpha value is -0.407. The number of rotatable bonds is 1. The zero-order chi connectivity index (χ0) is 24.5. The van der Waals surface area contributed by atoms with Gasteiger partial charge in [0.25, 0.3) is 0 Å². The molecule has 0 fully saturated rings. The number of hydrogen-bond donors (Lipinski definition) is 0. The molecule has 32 heavy (non-hydrogen) atoms. The van der Waals surface area contributed by atoms with E-state index in [4.69, 9.17) is 0 Å². The zero-order valence-corrected chi connectivity index (χ0v) is 19.2. The van der Waals surface area contributed by atoms with Gasteiger partial charge in [-0.15, -0.1) is 0 Å². The van der Waals surface area contributed by atoms with Crippen LogP contribution < -0.4 is 27.0 Å². The largest absolute Gasteiger partial charge is 2.00 e. The summed E-state index contributed by atoms with van der Waals surface area (Å²) in [4.78, 5) is 12.1. The molecule has 1 rings (SSSR count). The number of hydrogen-bond acceptors (Lipinski definition) is 1. The Kier molecular flexibility index (Phi) is 9.84. The van der Waals surface area contributed by atoms with E-state index in [2.05, 4.69) is 0 Å². The van der Waals surface area contributed by atoms with Gasteiger partial charge in [-0.1, -0.05) is 18.3 Å². The van der Waals surface area contributed by atoms with E-state index in [1.807, 2.05) is 0 Å². The maximum Gasteiger partial charge on any atom is 2.00 e. The van der Waals surface area contributed by atoms with Gasteiger partial charge < -0.3 is 21.8 Å².